The normalized spacial score (nSPS) is 17.3. The Morgan fingerprint density at radius 1 is 1.17 bits per heavy atom. The molecule has 8 nitrogen and oxygen atoms in total. The van der Waals surface area contributed by atoms with Crippen LogP contribution in [0.1, 0.15) is 30.7 Å². The number of fused-ring (bicyclic) bond motifs is 1. The molecule has 2 aliphatic heterocycles. The molecule has 0 saturated carbocycles. The molecule has 2 aromatic rings. The first-order chi connectivity index (χ1) is 14.5. The lowest BCUT2D eigenvalue weighted by Crippen LogP contribution is -2.37. The van der Waals surface area contributed by atoms with Gasteiger partial charge in [0.15, 0.2) is 0 Å². The molecule has 1 amide bonds. The number of carbonyl (C=O) groups excluding carboxylic acids is 1. The van der Waals surface area contributed by atoms with E-state index in [0.717, 1.165) is 36.9 Å². The van der Waals surface area contributed by atoms with Crippen molar-refractivity contribution in [3.05, 3.63) is 29.7 Å². The minimum absolute atomic E-state index is 0.0549. The fraction of sp³-hybridized carbons (Fsp3) is 0.526. The Labute approximate surface area is 184 Å². The van der Waals surface area contributed by atoms with E-state index >= 15 is 0 Å². The number of thioether (sulfide) groups is 2. The van der Waals surface area contributed by atoms with Gasteiger partial charge < -0.3 is 9.32 Å². The monoisotopic (exact) mass is 468 g/mol. The highest BCUT2D eigenvalue weighted by atomic mass is 32.2. The second kappa shape index (κ2) is 9.29. The molecule has 0 N–H and O–H groups in total. The van der Waals surface area contributed by atoms with Crippen molar-refractivity contribution in [1.82, 2.24) is 14.5 Å². The van der Waals surface area contributed by atoms with Gasteiger partial charge in [0.25, 0.3) is 5.22 Å². The van der Waals surface area contributed by atoms with E-state index in [1.165, 1.54) is 11.8 Å². The minimum Gasteiger partial charge on any atom is -0.415 e. The number of hydrogen-bond acceptors (Lipinski definition) is 8. The number of rotatable bonds is 7. The summed E-state index contributed by atoms with van der Waals surface area (Å²) in [6, 6.07) is 5.13. The topological polar surface area (TPSA) is 96.6 Å². The Balaban J connectivity index is 1.47. The lowest BCUT2D eigenvalue weighted by molar-refractivity contribution is -0.116. The summed E-state index contributed by atoms with van der Waals surface area (Å²) in [6.45, 7) is 1.78. The van der Waals surface area contributed by atoms with Gasteiger partial charge in [-0.3, -0.25) is 4.79 Å². The predicted octanol–water partition coefficient (Wildman–Crippen LogP) is 2.79. The van der Waals surface area contributed by atoms with Crippen molar-refractivity contribution in [2.24, 2.45) is 0 Å². The predicted molar refractivity (Wildman–Crippen MR) is 117 cm³/mol. The fourth-order valence-corrected chi connectivity index (χ4v) is 6.34. The molecule has 30 heavy (non-hydrogen) atoms. The Hall–Kier alpha value is -1.56. The molecule has 4 rings (SSSR count). The Morgan fingerprint density at radius 3 is 2.73 bits per heavy atom. The molecule has 1 saturated heterocycles. The summed E-state index contributed by atoms with van der Waals surface area (Å²) in [4.78, 5) is 14.9. The number of aromatic nitrogens is 2. The van der Waals surface area contributed by atoms with Crippen LogP contribution in [0.25, 0.3) is 0 Å². The third kappa shape index (κ3) is 4.53. The van der Waals surface area contributed by atoms with Gasteiger partial charge in [0.05, 0.1) is 16.4 Å². The third-order valence-electron chi connectivity index (χ3n) is 5.21. The van der Waals surface area contributed by atoms with Crippen molar-refractivity contribution in [3.63, 3.8) is 0 Å². The SMILES string of the molecule is CSCc1nnc(SCC(=O)N2CCCc3cc(S(=O)(=O)N4CCCC4)ccc32)o1. The maximum absolute atomic E-state index is 12.9. The van der Waals surface area contributed by atoms with Crippen LogP contribution in [0.5, 0.6) is 0 Å². The molecule has 11 heteroatoms. The molecule has 0 radical (unpaired) electrons. The number of amides is 1. The molecule has 0 spiro atoms. The van der Waals surface area contributed by atoms with Crippen LogP contribution in [0, 0.1) is 0 Å². The number of nitrogens with zero attached hydrogens (tertiary/aromatic N) is 4. The van der Waals surface area contributed by atoms with Crippen LogP contribution in [0.3, 0.4) is 0 Å². The Morgan fingerprint density at radius 2 is 1.97 bits per heavy atom. The van der Waals surface area contributed by atoms with Gasteiger partial charge in [0.2, 0.25) is 21.8 Å². The van der Waals surface area contributed by atoms with Gasteiger partial charge in [-0.2, -0.15) is 16.1 Å². The van der Waals surface area contributed by atoms with Gasteiger partial charge in [-0.1, -0.05) is 11.8 Å². The van der Waals surface area contributed by atoms with Crippen LogP contribution < -0.4 is 4.90 Å². The number of benzene rings is 1. The van der Waals surface area contributed by atoms with Crippen LogP contribution in [0.4, 0.5) is 5.69 Å². The second-order valence-corrected chi connectivity index (χ2v) is 11.0. The molecule has 0 bridgehead atoms. The van der Waals surface area contributed by atoms with Crippen molar-refractivity contribution in [2.75, 3.05) is 36.5 Å². The molecule has 0 aliphatic carbocycles. The van der Waals surface area contributed by atoms with Crippen molar-refractivity contribution >= 4 is 45.1 Å². The van der Waals surface area contributed by atoms with E-state index in [9.17, 15) is 13.2 Å². The van der Waals surface area contributed by atoms with E-state index in [1.54, 1.807) is 39.2 Å². The summed E-state index contributed by atoms with van der Waals surface area (Å²) >= 11 is 2.82. The highest BCUT2D eigenvalue weighted by Gasteiger charge is 2.29. The Kier molecular flexibility index (Phi) is 6.71. The van der Waals surface area contributed by atoms with Crippen LogP contribution in [-0.2, 0) is 27.0 Å². The van der Waals surface area contributed by atoms with E-state index < -0.39 is 10.0 Å². The zero-order chi connectivity index (χ0) is 21.1. The summed E-state index contributed by atoms with van der Waals surface area (Å²) in [6.07, 6.45) is 5.33. The van der Waals surface area contributed by atoms with E-state index in [-0.39, 0.29) is 11.7 Å². The molecular formula is C19H24N4O4S3. The van der Waals surface area contributed by atoms with Gasteiger partial charge in [0.1, 0.15) is 0 Å². The number of carbonyl (C=O) groups is 1. The highest BCUT2D eigenvalue weighted by molar-refractivity contribution is 7.99. The van der Waals surface area contributed by atoms with Crippen molar-refractivity contribution in [3.8, 4) is 0 Å². The van der Waals surface area contributed by atoms with Gasteiger partial charge in [0, 0.05) is 25.3 Å². The number of sulfonamides is 1. The van der Waals surface area contributed by atoms with Crippen molar-refractivity contribution in [1.29, 1.82) is 0 Å². The second-order valence-electron chi connectivity index (χ2n) is 7.23. The summed E-state index contributed by atoms with van der Waals surface area (Å²) < 4.78 is 32.8. The first kappa shape index (κ1) is 21.7. The number of aryl methyl sites for hydroxylation is 1. The first-order valence-corrected chi connectivity index (χ1v) is 13.7. The van der Waals surface area contributed by atoms with Crippen molar-refractivity contribution in [2.45, 2.75) is 41.6 Å². The average molecular weight is 469 g/mol. The molecular weight excluding hydrogens is 444 g/mol. The van der Waals surface area contributed by atoms with E-state index in [2.05, 4.69) is 10.2 Å². The molecule has 162 valence electrons. The molecule has 0 atom stereocenters. The molecule has 1 fully saturated rings. The van der Waals surface area contributed by atoms with Crippen LogP contribution in [0.15, 0.2) is 32.7 Å². The van der Waals surface area contributed by atoms with Gasteiger partial charge >= 0.3 is 0 Å². The maximum atomic E-state index is 12.9. The third-order valence-corrected chi connectivity index (χ3v) is 8.44. The molecule has 1 aromatic carbocycles. The van der Waals surface area contributed by atoms with Crippen LogP contribution in [-0.4, -0.2) is 60.5 Å². The summed E-state index contributed by atoms with van der Waals surface area (Å²) in [5.41, 5.74) is 1.70. The Bertz CT molecular complexity index is 1020. The van der Waals surface area contributed by atoms with Crippen molar-refractivity contribution < 1.29 is 17.6 Å². The summed E-state index contributed by atoms with van der Waals surface area (Å²) in [5, 5.41) is 8.30. The largest absolute Gasteiger partial charge is 0.415 e. The van der Waals surface area contributed by atoms with Gasteiger partial charge in [-0.25, -0.2) is 8.42 Å². The zero-order valence-corrected chi connectivity index (χ0v) is 19.2. The van der Waals surface area contributed by atoms with Crippen LogP contribution in [0.2, 0.25) is 0 Å². The smallest absolute Gasteiger partial charge is 0.277 e. The quantitative estimate of drug-likeness (QED) is 0.573. The number of hydrogen-bond donors (Lipinski definition) is 0. The summed E-state index contributed by atoms with van der Waals surface area (Å²) in [7, 11) is -3.46. The fourth-order valence-electron chi connectivity index (χ4n) is 3.75. The molecule has 2 aliphatic rings. The number of anilines is 1. The van der Waals surface area contributed by atoms with E-state index in [1.807, 2.05) is 6.26 Å². The molecule has 0 unspecified atom stereocenters. The lowest BCUT2D eigenvalue weighted by Gasteiger charge is -2.30. The van der Waals surface area contributed by atoms with Crippen LogP contribution >= 0.6 is 23.5 Å². The standard InChI is InChI=1S/C19H24N4O4S3/c1-28-12-17-20-21-19(27-17)29-13-18(24)23-10-4-5-14-11-15(6-7-16(14)23)30(25,26)22-8-2-3-9-22/h6-7,11H,2-5,8-10,12-13H2,1H3. The van der Waals surface area contributed by atoms with Gasteiger partial charge in [-0.05, 0) is 55.7 Å². The maximum Gasteiger partial charge on any atom is 0.277 e. The van der Waals surface area contributed by atoms with Gasteiger partial charge in [-0.15, -0.1) is 10.2 Å². The van der Waals surface area contributed by atoms with E-state index in [4.69, 9.17) is 4.42 Å². The zero-order valence-electron chi connectivity index (χ0n) is 16.7. The first-order valence-electron chi connectivity index (χ1n) is 9.86. The molecule has 3 heterocycles. The highest BCUT2D eigenvalue weighted by Crippen LogP contribution is 2.32. The lowest BCUT2D eigenvalue weighted by atomic mass is 10.0. The average Bonchev–Trinajstić information content (AvgIpc) is 3.44. The molecule has 1 aromatic heterocycles. The summed E-state index contributed by atoms with van der Waals surface area (Å²) in [5.74, 6) is 1.32. The minimum atomic E-state index is -3.46. The van der Waals surface area contributed by atoms with E-state index in [0.29, 0.717) is 41.4 Å².